The average molecular weight is 436 g/mol. The summed E-state index contributed by atoms with van der Waals surface area (Å²) in [6, 6.07) is 6.76. The Balaban J connectivity index is 1.81. The van der Waals surface area contributed by atoms with Crippen molar-refractivity contribution in [1.82, 2.24) is 4.98 Å². The van der Waals surface area contributed by atoms with E-state index in [1.165, 1.54) is 0 Å². The topological polar surface area (TPSA) is 69.7 Å². The maximum atomic E-state index is 12.7. The van der Waals surface area contributed by atoms with Crippen molar-refractivity contribution in [2.75, 3.05) is 11.9 Å². The largest absolute Gasteiger partial charge is 0.498 e. The zero-order chi connectivity index (χ0) is 23.0. The van der Waals surface area contributed by atoms with Crippen LogP contribution in [0, 0.1) is 0 Å². The molecule has 2 heterocycles. The number of alkyl halides is 3. The highest BCUT2D eigenvalue weighted by Crippen LogP contribution is 2.37. The van der Waals surface area contributed by atoms with Gasteiger partial charge in [0, 0.05) is 17.2 Å². The zero-order valence-electron chi connectivity index (χ0n) is 18.0. The summed E-state index contributed by atoms with van der Waals surface area (Å²) in [7, 11) is -0.666. The molecule has 3 rings (SSSR count). The maximum absolute atomic E-state index is 12.7. The molecule has 1 aromatic heterocycles. The maximum Gasteiger partial charge on any atom is 0.498 e. The van der Waals surface area contributed by atoms with Gasteiger partial charge in [0.15, 0.2) is 0 Å². The van der Waals surface area contributed by atoms with Crippen LogP contribution in [0.4, 0.5) is 19.0 Å². The van der Waals surface area contributed by atoms with Gasteiger partial charge in [0.25, 0.3) is 5.91 Å². The van der Waals surface area contributed by atoms with Gasteiger partial charge < -0.3 is 19.4 Å². The van der Waals surface area contributed by atoms with E-state index in [1.807, 2.05) is 34.6 Å². The third-order valence-corrected chi connectivity index (χ3v) is 5.42. The van der Waals surface area contributed by atoms with E-state index in [0.29, 0.717) is 24.0 Å². The highest BCUT2D eigenvalue weighted by molar-refractivity contribution is 6.63. The van der Waals surface area contributed by atoms with Crippen LogP contribution in [0.3, 0.4) is 0 Å². The second-order valence-electron chi connectivity index (χ2n) is 8.16. The Morgan fingerprint density at radius 1 is 1.13 bits per heavy atom. The molecule has 1 N–H and O–H groups in total. The van der Waals surface area contributed by atoms with Crippen molar-refractivity contribution in [2.45, 2.75) is 52.0 Å². The number of benzene rings is 1. The minimum atomic E-state index is -4.49. The van der Waals surface area contributed by atoms with Crippen LogP contribution in [0.5, 0.6) is 5.75 Å². The van der Waals surface area contributed by atoms with Crippen LogP contribution in [0.15, 0.2) is 36.5 Å². The molecule has 1 saturated heterocycles. The zero-order valence-corrected chi connectivity index (χ0v) is 18.0. The summed E-state index contributed by atoms with van der Waals surface area (Å²) in [5.41, 5.74) is -1.07. The molecule has 1 amide bonds. The van der Waals surface area contributed by atoms with Gasteiger partial charge in [-0.25, -0.2) is 4.98 Å². The monoisotopic (exact) mass is 436 g/mol. The Bertz CT molecular complexity index is 946. The Kier molecular flexibility index (Phi) is 6.08. The molecular weight excluding hydrogens is 412 g/mol. The molecule has 10 heteroatoms. The smallest absolute Gasteiger partial charge is 0.494 e. The average Bonchev–Trinajstić information content (AvgIpc) is 2.89. The molecule has 2 aromatic rings. The molecule has 166 valence electrons. The van der Waals surface area contributed by atoms with Crippen LogP contribution in [-0.2, 0) is 15.5 Å². The summed E-state index contributed by atoms with van der Waals surface area (Å²) in [6.45, 7) is 9.92. The number of carbonyl (C=O) groups excluding carboxylic acids is 1. The van der Waals surface area contributed by atoms with E-state index in [1.54, 1.807) is 18.2 Å². The Hall–Kier alpha value is -2.59. The molecule has 6 nitrogen and oxygen atoms in total. The number of pyridine rings is 1. The number of carbonyl (C=O) groups is 1. The van der Waals surface area contributed by atoms with Gasteiger partial charge in [-0.2, -0.15) is 13.2 Å². The SMILES string of the molecule is CCOc1cc(C(=O)Nc2ccc(C(F)(F)F)cn2)ccc1B1OC(C)(C)C(C)(C)O1. The molecule has 0 saturated carbocycles. The van der Waals surface area contributed by atoms with E-state index in [2.05, 4.69) is 10.3 Å². The molecule has 1 aliphatic heterocycles. The van der Waals surface area contributed by atoms with E-state index in [9.17, 15) is 18.0 Å². The van der Waals surface area contributed by atoms with E-state index in [4.69, 9.17) is 14.0 Å². The predicted octanol–water partition coefficient (Wildman–Crippen LogP) is 4.05. The van der Waals surface area contributed by atoms with Crippen molar-refractivity contribution >= 4 is 24.3 Å². The standard InChI is InChI=1S/C21H24BF3N2O4/c1-6-29-16-11-13(7-9-15(16)22-30-19(2,3)20(4,5)31-22)18(28)27-17-10-8-14(12-26-17)21(23,24)25/h7-12H,6H2,1-5H3,(H,26,27,28). The third-order valence-electron chi connectivity index (χ3n) is 5.42. The first-order valence-electron chi connectivity index (χ1n) is 9.81. The lowest BCUT2D eigenvalue weighted by Gasteiger charge is -2.32. The number of nitrogens with zero attached hydrogens (tertiary/aromatic N) is 1. The molecule has 0 atom stereocenters. The van der Waals surface area contributed by atoms with Gasteiger partial charge in [-0.3, -0.25) is 4.79 Å². The van der Waals surface area contributed by atoms with Gasteiger partial charge in [0.05, 0.1) is 23.4 Å². The number of hydrogen-bond donors (Lipinski definition) is 1. The fourth-order valence-electron chi connectivity index (χ4n) is 2.94. The predicted molar refractivity (Wildman–Crippen MR) is 111 cm³/mol. The van der Waals surface area contributed by atoms with Crippen LogP contribution in [0.2, 0.25) is 0 Å². The second kappa shape index (κ2) is 8.16. The van der Waals surface area contributed by atoms with Crippen LogP contribution in [0.25, 0.3) is 0 Å². The fourth-order valence-corrected chi connectivity index (χ4v) is 2.94. The number of halogens is 3. The summed E-state index contributed by atoms with van der Waals surface area (Å²) in [5, 5.41) is 2.49. The first-order valence-corrected chi connectivity index (χ1v) is 9.81. The number of hydrogen-bond acceptors (Lipinski definition) is 5. The molecule has 1 fully saturated rings. The van der Waals surface area contributed by atoms with Crippen molar-refractivity contribution in [3.05, 3.63) is 47.7 Å². The molecule has 0 bridgehead atoms. The number of ether oxygens (including phenoxy) is 1. The highest BCUT2D eigenvalue weighted by atomic mass is 19.4. The lowest BCUT2D eigenvalue weighted by molar-refractivity contribution is -0.137. The molecule has 0 spiro atoms. The highest BCUT2D eigenvalue weighted by Gasteiger charge is 2.52. The Morgan fingerprint density at radius 3 is 2.29 bits per heavy atom. The first kappa shape index (κ1) is 23.1. The lowest BCUT2D eigenvalue weighted by Crippen LogP contribution is -2.41. The summed E-state index contributed by atoms with van der Waals surface area (Å²) in [4.78, 5) is 16.3. The summed E-state index contributed by atoms with van der Waals surface area (Å²) in [5.74, 6) is -0.103. The van der Waals surface area contributed by atoms with Crippen molar-refractivity contribution in [3.63, 3.8) is 0 Å². The quantitative estimate of drug-likeness (QED) is 0.717. The molecule has 1 aromatic carbocycles. The molecule has 1 aliphatic rings. The number of rotatable bonds is 5. The number of amides is 1. The third kappa shape index (κ3) is 4.85. The fraction of sp³-hybridized carbons (Fsp3) is 0.429. The molecule has 0 aliphatic carbocycles. The van der Waals surface area contributed by atoms with Gasteiger partial charge >= 0.3 is 13.3 Å². The molecule has 31 heavy (non-hydrogen) atoms. The van der Waals surface area contributed by atoms with Gasteiger partial charge in [0.1, 0.15) is 11.6 Å². The van der Waals surface area contributed by atoms with E-state index in [0.717, 1.165) is 12.1 Å². The Labute approximate surface area is 179 Å². The van der Waals surface area contributed by atoms with Crippen molar-refractivity contribution in [1.29, 1.82) is 0 Å². The number of aromatic nitrogens is 1. The summed E-state index contributed by atoms with van der Waals surface area (Å²) < 4.78 is 55.8. The molecular formula is C21H24BF3N2O4. The summed E-state index contributed by atoms with van der Waals surface area (Å²) in [6.07, 6.45) is -3.83. The number of anilines is 1. The van der Waals surface area contributed by atoms with E-state index >= 15 is 0 Å². The van der Waals surface area contributed by atoms with Gasteiger partial charge in [-0.15, -0.1) is 0 Å². The Morgan fingerprint density at radius 2 is 1.77 bits per heavy atom. The first-order chi connectivity index (χ1) is 14.3. The van der Waals surface area contributed by atoms with E-state index < -0.39 is 36.0 Å². The lowest BCUT2D eigenvalue weighted by atomic mass is 9.78. The minimum Gasteiger partial charge on any atom is -0.494 e. The van der Waals surface area contributed by atoms with Gasteiger partial charge in [0.2, 0.25) is 0 Å². The van der Waals surface area contributed by atoms with Crippen LogP contribution in [0.1, 0.15) is 50.5 Å². The normalized spacial score (nSPS) is 17.5. The van der Waals surface area contributed by atoms with Crippen LogP contribution >= 0.6 is 0 Å². The second-order valence-corrected chi connectivity index (χ2v) is 8.16. The summed E-state index contributed by atoms with van der Waals surface area (Å²) >= 11 is 0. The van der Waals surface area contributed by atoms with Crippen LogP contribution in [-0.4, -0.2) is 35.8 Å². The van der Waals surface area contributed by atoms with Crippen LogP contribution < -0.4 is 15.5 Å². The van der Waals surface area contributed by atoms with Crippen molar-refractivity contribution in [2.24, 2.45) is 0 Å². The van der Waals surface area contributed by atoms with E-state index in [-0.39, 0.29) is 11.4 Å². The number of nitrogens with one attached hydrogen (secondary N) is 1. The molecule has 0 radical (unpaired) electrons. The minimum absolute atomic E-state index is 0.00555. The molecule has 0 unspecified atom stereocenters. The van der Waals surface area contributed by atoms with Gasteiger partial charge in [-0.1, -0.05) is 6.07 Å². The van der Waals surface area contributed by atoms with Gasteiger partial charge in [-0.05, 0) is 58.9 Å². The van der Waals surface area contributed by atoms with Crippen molar-refractivity contribution in [3.8, 4) is 5.75 Å². The van der Waals surface area contributed by atoms with Crippen molar-refractivity contribution < 1.29 is 32.0 Å².